The molecular formula is C20H24BrNO2. The lowest BCUT2D eigenvalue weighted by Crippen LogP contribution is -2.29. The first kappa shape index (κ1) is 17.5. The van der Waals surface area contributed by atoms with Crippen LogP contribution in [-0.2, 0) is 5.60 Å². The van der Waals surface area contributed by atoms with Gasteiger partial charge in [0.2, 0.25) is 0 Å². The van der Waals surface area contributed by atoms with E-state index in [4.69, 9.17) is 4.74 Å². The summed E-state index contributed by atoms with van der Waals surface area (Å²) in [5.74, 6) is 1.55. The first-order valence-electron chi connectivity index (χ1n) is 8.52. The lowest BCUT2D eigenvalue weighted by Gasteiger charge is -2.27. The first-order valence-corrected chi connectivity index (χ1v) is 9.31. The molecule has 1 aliphatic rings. The lowest BCUT2D eigenvalue weighted by molar-refractivity contribution is 0.0382. The molecule has 1 unspecified atom stereocenters. The molecule has 0 radical (unpaired) electrons. The van der Waals surface area contributed by atoms with Crippen LogP contribution in [0.1, 0.15) is 31.7 Å². The Morgan fingerprint density at radius 2 is 1.75 bits per heavy atom. The van der Waals surface area contributed by atoms with Gasteiger partial charge in [-0.05, 0) is 85.0 Å². The van der Waals surface area contributed by atoms with E-state index >= 15 is 0 Å². The molecule has 1 atom stereocenters. The van der Waals surface area contributed by atoms with Crippen molar-refractivity contribution in [3.63, 3.8) is 0 Å². The van der Waals surface area contributed by atoms with Gasteiger partial charge in [-0.1, -0.05) is 24.3 Å². The number of hydrogen-bond donors (Lipinski definition) is 1. The van der Waals surface area contributed by atoms with Crippen LogP contribution in [-0.4, -0.2) is 29.6 Å². The van der Waals surface area contributed by atoms with Gasteiger partial charge in [0.25, 0.3) is 0 Å². The fourth-order valence-corrected chi connectivity index (χ4v) is 3.43. The van der Waals surface area contributed by atoms with E-state index in [1.165, 1.54) is 12.8 Å². The van der Waals surface area contributed by atoms with Crippen LogP contribution in [0.25, 0.3) is 0 Å². The van der Waals surface area contributed by atoms with Crippen LogP contribution < -0.4 is 4.74 Å². The van der Waals surface area contributed by atoms with Crippen LogP contribution in [0.15, 0.2) is 53.0 Å². The normalized spacial score (nSPS) is 17.6. The van der Waals surface area contributed by atoms with Gasteiger partial charge in [-0.15, -0.1) is 0 Å². The molecule has 0 aliphatic carbocycles. The van der Waals surface area contributed by atoms with Crippen molar-refractivity contribution >= 4 is 15.9 Å². The van der Waals surface area contributed by atoms with Gasteiger partial charge in [-0.25, -0.2) is 0 Å². The Labute approximate surface area is 152 Å². The van der Waals surface area contributed by atoms with Crippen LogP contribution in [0.5, 0.6) is 11.5 Å². The van der Waals surface area contributed by atoms with Crippen molar-refractivity contribution in [1.29, 1.82) is 0 Å². The van der Waals surface area contributed by atoms with Gasteiger partial charge in [0.15, 0.2) is 0 Å². The molecule has 4 heteroatoms. The molecule has 2 aromatic rings. The fraction of sp³-hybridized carbons (Fsp3) is 0.400. The standard InChI is InChI=1S/C20H24BrNO2/c1-20(23,12-15-22-13-4-5-14-22)16-8-10-17(11-9-16)24-19-7-3-2-6-18(19)21/h2-3,6-11,23H,4-5,12-15H2,1H3. The third-order valence-electron chi connectivity index (χ3n) is 4.65. The summed E-state index contributed by atoms with van der Waals surface area (Å²) in [6, 6.07) is 15.5. The molecule has 0 amide bonds. The predicted molar refractivity (Wildman–Crippen MR) is 101 cm³/mol. The van der Waals surface area contributed by atoms with Crippen molar-refractivity contribution in [3.05, 3.63) is 58.6 Å². The van der Waals surface area contributed by atoms with Gasteiger partial charge in [0.05, 0.1) is 10.1 Å². The quantitative estimate of drug-likeness (QED) is 0.759. The number of halogens is 1. The van der Waals surface area contributed by atoms with E-state index in [-0.39, 0.29) is 0 Å². The second-order valence-electron chi connectivity index (χ2n) is 6.63. The number of likely N-dealkylation sites (tertiary alicyclic amines) is 1. The molecule has 1 heterocycles. The Morgan fingerprint density at radius 3 is 2.42 bits per heavy atom. The monoisotopic (exact) mass is 389 g/mol. The molecule has 3 rings (SSSR count). The van der Waals surface area contributed by atoms with Crippen molar-refractivity contribution in [2.75, 3.05) is 19.6 Å². The molecule has 0 aromatic heterocycles. The third-order valence-corrected chi connectivity index (χ3v) is 5.31. The Morgan fingerprint density at radius 1 is 1.08 bits per heavy atom. The van der Waals surface area contributed by atoms with Crippen molar-refractivity contribution in [1.82, 2.24) is 4.90 Å². The SMILES string of the molecule is CC(O)(CCN1CCCC1)c1ccc(Oc2ccccc2Br)cc1. The smallest absolute Gasteiger partial charge is 0.141 e. The van der Waals surface area contributed by atoms with Crippen molar-refractivity contribution in [2.24, 2.45) is 0 Å². The van der Waals surface area contributed by atoms with E-state index in [2.05, 4.69) is 20.8 Å². The Balaban J connectivity index is 1.63. The zero-order valence-corrected chi connectivity index (χ0v) is 15.6. The molecule has 1 N–H and O–H groups in total. The van der Waals surface area contributed by atoms with E-state index in [1.54, 1.807) is 0 Å². The lowest BCUT2D eigenvalue weighted by atomic mass is 9.92. The Kier molecular flexibility index (Phi) is 5.59. The zero-order chi connectivity index (χ0) is 17.0. The molecule has 0 spiro atoms. The summed E-state index contributed by atoms with van der Waals surface area (Å²) >= 11 is 3.48. The zero-order valence-electron chi connectivity index (χ0n) is 14.0. The van der Waals surface area contributed by atoms with Gasteiger partial charge in [0, 0.05) is 6.54 Å². The minimum atomic E-state index is -0.811. The number of hydrogen-bond acceptors (Lipinski definition) is 3. The molecular weight excluding hydrogens is 366 g/mol. The third kappa shape index (κ3) is 4.38. The fourth-order valence-electron chi connectivity index (χ4n) is 3.06. The molecule has 3 nitrogen and oxygen atoms in total. The van der Waals surface area contributed by atoms with E-state index in [0.29, 0.717) is 0 Å². The van der Waals surface area contributed by atoms with Crippen LogP contribution in [0, 0.1) is 0 Å². The van der Waals surface area contributed by atoms with Gasteiger partial charge in [-0.3, -0.25) is 0 Å². The Hall–Kier alpha value is -1.36. The topological polar surface area (TPSA) is 32.7 Å². The largest absolute Gasteiger partial charge is 0.456 e. The summed E-state index contributed by atoms with van der Waals surface area (Å²) in [4.78, 5) is 2.43. The minimum Gasteiger partial charge on any atom is -0.456 e. The maximum atomic E-state index is 10.8. The average Bonchev–Trinajstić information content (AvgIpc) is 3.09. The highest BCUT2D eigenvalue weighted by Crippen LogP contribution is 2.31. The number of rotatable bonds is 6. The van der Waals surface area contributed by atoms with Gasteiger partial charge >= 0.3 is 0 Å². The number of aliphatic hydroxyl groups is 1. The summed E-state index contributed by atoms with van der Waals surface area (Å²) in [7, 11) is 0. The van der Waals surface area contributed by atoms with Crippen LogP contribution in [0.3, 0.4) is 0 Å². The van der Waals surface area contributed by atoms with E-state index in [9.17, 15) is 5.11 Å². The number of ether oxygens (including phenoxy) is 1. The number of para-hydroxylation sites is 1. The first-order chi connectivity index (χ1) is 11.5. The molecule has 1 saturated heterocycles. The highest BCUT2D eigenvalue weighted by Gasteiger charge is 2.24. The maximum absolute atomic E-state index is 10.8. The summed E-state index contributed by atoms with van der Waals surface area (Å²) in [6.07, 6.45) is 3.31. The minimum absolute atomic E-state index is 0.747. The second kappa shape index (κ2) is 7.68. The van der Waals surface area contributed by atoms with Crippen molar-refractivity contribution in [3.8, 4) is 11.5 Å². The highest BCUT2D eigenvalue weighted by molar-refractivity contribution is 9.10. The summed E-state index contributed by atoms with van der Waals surface area (Å²) in [6.45, 7) is 5.17. The van der Waals surface area contributed by atoms with Gasteiger partial charge < -0.3 is 14.7 Å². The van der Waals surface area contributed by atoms with Gasteiger partial charge in [-0.2, -0.15) is 0 Å². The van der Waals surface area contributed by atoms with E-state index in [0.717, 1.165) is 47.6 Å². The highest BCUT2D eigenvalue weighted by atomic mass is 79.9. The molecule has 1 aliphatic heterocycles. The van der Waals surface area contributed by atoms with Crippen molar-refractivity contribution < 1.29 is 9.84 Å². The van der Waals surface area contributed by atoms with E-state index < -0.39 is 5.60 Å². The molecule has 128 valence electrons. The predicted octanol–water partition coefficient (Wildman–Crippen LogP) is 4.93. The van der Waals surface area contributed by atoms with Crippen LogP contribution in [0.2, 0.25) is 0 Å². The molecule has 24 heavy (non-hydrogen) atoms. The Bertz CT molecular complexity index is 664. The average molecular weight is 390 g/mol. The molecule has 0 saturated carbocycles. The second-order valence-corrected chi connectivity index (χ2v) is 7.48. The van der Waals surface area contributed by atoms with Gasteiger partial charge in [0.1, 0.15) is 11.5 Å². The molecule has 0 bridgehead atoms. The van der Waals surface area contributed by atoms with Crippen LogP contribution in [0.4, 0.5) is 0 Å². The molecule has 1 fully saturated rings. The van der Waals surface area contributed by atoms with Crippen molar-refractivity contribution in [2.45, 2.75) is 31.8 Å². The summed E-state index contributed by atoms with van der Waals surface area (Å²) < 4.78 is 6.80. The number of benzene rings is 2. The number of nitrogens with zero attached hydrogens (tertiary/aromatic N) is 1. The van der Waals surface area contributed by atoms with E-state index in [1.807, 2.05) is 55.5 Å². The summed E-state index contributed by atoms with van der Waals surface area (Å²) in [5, 5.41) is 10.8. The summed E-state index contributed by atoms with van der Waals surface area (Å²) in [5.41, 5.74) is 0.121. The molecule has 2 aromatic carbocycles. The maximum Gasteiger partial charge on any atom is 0.141 e. The van der Waals surface area contributed by atoms with Crippen LogP contribution >= 0.6 is 15.9 Å².